The number of nitriles is 1. The van der Waals surface area contributed by atoms with Gasteiger partial charge in [0.2, 0.25) is 5.91 Å². The molecule has 4 nitrogen and oxygen atoms in total. The summed E-state index contributed by atoms with van der Waals surface area (Å²) >= 11 is 3.23. The maximum Gasteiger partial charge on any atom is 0.241 e. The van der Waals surface area contributed by atoms with E-state index in [4.69, 9.17) is 5.26 Å². The molecule has 0 aliphatic carbocycles. The molecular weight excluding hydrogens is 246 g/mol. The molecule has 0 aliphatic rings. The summed E-state index contributed by atoms with van der Waals surface area (Å²) in [6, 6.07) is 3.57. The van der Waals surface area contributed by atoms with Gasteiger partial charge in [0, 0.05) is 10.7 Å². The number of aromatic nitrogens is 1. The Morgan fingerprint density at radius 2 is 2.43 bits per heavy atom. The Morgan fingerprint density at radius 1 is 1.71 bits per heavy atom. The normalized spacial score (nSPS) is 11.5. The zero-order valence-electron chi connectivity index (χ0n) is 7.49. The number of anilines is 1. The van der Waals surface area contributed by atoms with E-state index in [0.717, 1.165) is 4.47 Å². The summed E-state index contributed by atoms with van der Waals surface area (Å²) in [5.74, 6) is -0.985. The summed E-state index contributed by atoms with van der Waals surface area (Å²) in [7, 11) is 0. The van der Waals surface area contributed by atoms with Crippen LogP contribution in [-0.2, 0) is 4.79 Å². The average Bonchev–Trinajstić information content (AvgIpc) is 2.16. The lowest BCUT2D eigenvalue weighted by molar-refractivity contribution is -0.117. The average molecular weight is 254 g/mol. The zero-order chi connectivity index (χ0) is 10.6. The minimum Gasteiger partial charge on any atom is -0.324 e. The van der Waals surface area contributed by atoms with E-state index in [-0.39, 0.29) is 5.91 Å². The number of hydrogen-bond acceptors (Lipinski definition) is 3. The smallest absolute Gasteiger partial charge is 0.241 e. The van der Waals surface area contributed by atoms with Gasteiger partial charge in [0.25, 0.3) is 0 Å². The maximum atomic E-state index is 11.3. The molecule has 0 aliphatic heterocycles. The van der Waals surface area contributed by atoms with Gasteiger partial charge in [-0.15, -0.1) is 0 Å². The molecular formula is C9H8BrN3O. The molecule has 72 valence electrons. The van der Waals surface area contributed by atoms with Crippen molar-refractivity contribution in [3.05, 3.63) is 22.9 Å². The molecule has 0 fully saturated rings. The minimum absolute atomic E-state index is 0.326. The van der Waals surface area contributed by atoms with Crippen molar-refractivity contribution >= 4 is 27.5 Å². The fourth-order valence-electron chi connectivity index (χ4n) is 0.789. The molecule has 1 aromatic rings. The van der Waals surface area contributed by atoms with Crippen LogP contribution in [0.3, 0.4) is 0 Å². The molecule has 0 radical (unpaired) electrons. The van der Waals surface area contributed by atoms with Gasteiger partial charge in [0.05, 0.1) is 18.0 Å². The Balaban J connectivity index is 2.71. The Labute approximate surface area is 90.1 Å². The second-order valence-electron chi connectivity index (χ2n) is 2.73. The van der Waals surface area contributed by atoms with Gasteiger partial charge in [0.15, 0.2) is 0 Å². The molecule has 1 N–H and O–H groups in total. The number of halogens is 1. The van der Waals surface area contributed by atoms with Crippen LogP contribution in [0.5, 0.6) is 0 Å². The predicted molar refractivity (Wildman–Crippen MR) is 55.3 cm³/mol. The van der Waals surface area contributed by atoms with Crippen LogP contribution in [0.4, 0.5) is 5.69 Å². The van der Waals surface area contributed by atoms with Gasteiger partial charge >= 0.3 is 0 Å². The molecule has 1 rings (SSSR count). The van der Waals surface area contributed by atoms with Gasteiger partial charge < -0.3 is 5.32 Å². The fraction of sp³-hybridized carbons (Fsp3) is 0.222. The first kappa shape index (κ1) is 10.7. The first-order valence-electron chi connectivity index (χ1n) is 3.94. The number of carbonyl (C=O) groups excluding carboxylic acids is 1. The summed E-state index contributed by atoms with van der Waals surface area (Å²) in [5, 5.41) is 11.1. The number of hydrogen-bond donors (Lipinski definition) is 1. The largest absolute Gasteiger partial charge is 0.324 e. The molecule has 0 saturated carbocycles. The molecule has 5 heteroatoms. The van der Waals surface area contributed by atoms with Crippen molar-refractivity contribution in [3.63, 3.8) is 0 Å². The second kappa shape index (κ2) is 4.72. The highest BCUT2D eigenvalue weighted by Crippen LogP contribution is 2.14. The second-order valence-corrected chi connectivity index (χ2v) is 3.65. The molecule has 0 aromatic carbocycles. The maximum absolute atomic E-state index is 11.3. The van der Waals surface area contributed by atoms with Crippen LogP contribution < -0.4 is 5.32 Å². The van der Waals surface area contributed by atoms with Gasteiger partial charge in [-0.2, -0.15) is 5.26 Å². The molecule has 0 spiro atoms. The molecule has 1 aromatic heterocycles. The Bertz CT molecular complexity index is 386. The van der Waals surface area contributed by atoms with Crippen LogP contribution in [0.15, 0.2) is 22.9 Å². The topological polar surface area (TPSA) is 65.8 Å². The molecule has 1 atom stereocenters. The van der Waals surface area contributed by atoms with Gasteiger partial charge in [-0.3, -0.25) is 9.78 Å². The van der Waals surface area contributed by atoms with E-state index < -0.39 is 5.92 Å². The van der Waals surface area contributed by atoms with E-state index in [1.165, 1.54) is 6.20 Å². The predicted octanol–water partition coefficient (Wildman–Crippen LogP) is 1.94. The highest BCUT2D eigenvalue weighted by atomic mass is 79.9. The van der Waals surface area contributed by atoms with Crippen LogP contribution in [-0.4, -0.2) is 10.9 Å². The molecule has 1 unspecified atom stereocenters. The summed E-state index contributed by atoms with van der Waals surface area (Å²) in [6.45, 7) is 1.54. The van der Waals surface area contributed by atoms with Crippen molar-refractivity contribution < 1.29 is 4.79 Å². The van der Waals surface area contributed by atoms with Crippen molar-refractivity contribution in [1.82, 2.24) is 4.98 Å². The lowest BCUT2D eigenvalue weighted by Gasteiger charge is -2.05. The lowest BCUT2D eigenvalue weighted by atomic mass is 10.2. The minimum atomic E-state index is -0.658. The lowest BCUT2D eigenvalue weighted by Crippen LogP contribution is -2.18. The quantitative estimate of drug-likeness (QED) is 0.876. The third-order valence-corrected chi connectivity index (χ3v) is 1.99. The Kier molecular flexibility index (Phi) is 3.60. The van der Waals surface area contributed by atoms with Crippen LogP contribution in [0.2, 0.25) is 0 Å². The number of carbonyl (C=O) groups is 1. The number of nitrogens with zero attached hydrogens (tertiary/aromatic N) is 2. The van der Waals surface area contributed by atoms with Gasteiger partial charge in [-0.05, 0) is 28.9 Å². The van der Waals surface area contributed by atoms with E-state index in [9.17, 15) is 4.79 Å². The molecule has 1 amide bonds. The first-order chi connectivity index (χ1) is 6.63. The van der Waals surface area contributed by atoms with E-state index in [1.807, 2.05) is 6.07 Å². The Morgan fingerprint density at radius 3 is 3.00 bits per heavy atom. The van der Waals surface area contributed by atoms with Gasteiger partial charge in [-0.1, -0.05) is 0 Å². The van der Waals surface area contributed by atoms with Gasteiger partial charge in [-0.25, -0.2) is 0 Å². The monoisotopic (exact) mass is 253 g/mol. The highest BCUT2D eigenvalue weighted by molar-refractivity contribution is 9.10. The molecule has 14 heavy (non-hydrogen) atoms. The number of nitrogens with one attached hydrogen (secondary N) is 1. The van der Waals surface area contributed by atoms with Gasteiger partial charge in [0.1, 0.15) is 5.92 Å². The standard InChI is InChI=1S/C9H8BrN3O/c1-6(3-11)9(14)13-8-2-7(10)4-12-5-8/h2,4-6H,1H3,(H,13,14). The van der Waals surface area contributed by atoms with Crippen molar-refractivity contribution in [2.45, 2.75) is 6.92 Å². The van der Waals surface area contributed by atoms with Crippen molar-refractivity contribution in [1.29, 1.82) is 5.26 Å². The van der Waals surface area contributed by atoms with Crippen molar-refractivity contribution in [2.75, 3.05) is 5.32 Å². The van der Waals surface area contributed by atoms with E-state index in [0.29, 0.717) is 5.69 Å². The molecule has 0 saturated heterocycles. The number of rotatable bonds is 2. The Hall–Kier alpha value is -1.41. The third-order valence-electron chi connectivity index (χ3n) is 1.56. The fourth-order valence-corrected chi connectivity index (χ4v) is 1.15. The zero-order valence-corrected chi connectivity index (χ0v) is 9.08. The van der Waals surface area contributed by atoms with Crippen LogP contribution in [0, 0.1) is 17.2 Å². The number of pyridine rings is 1. The molecule has 1 heterocycles. The van der Waals surface area contributed by atoms with E-state index in [2.05, 4.69) is 26.2 Å². The van der Waals surface area contributed by atoms with E-state index >= 15 is 0 Å². The summed E-state index contributed by atoms with van der Waals surface area (Å²) in [5.41, 5.74) is 0.575. The van der Waals surface area contributed by atoms with E-state index in [1.54, 1.807) is 19.2 Å². The highest BCUT2D eigenvalue weighted by Gasteiger charge is 2.11. The summed E-state index contributed by atoms with van der Waals surface area (Å²) in [6.07, 6.45) is 3.14. The van der Waals surface area contributed by atoms with Crippen molar-refractivity contribution in [3.8, 4) is 6.07 Å². The SMILES string of the molecule is CC(C#N)C(=O)Nc1cncc(Br)c1. The van der Waals surface area contributed by atoms with Crippen LogP contribution >= 0.6 is 15.9 Å². The summed E-state index contributed by atoms with van der Waals surface area (Å²) in [4.78, 5) is 15.2. The van der Waals surface area contributed by atoms with Crippen molar-refractivity contribution in [2.24, 2.45) is 5.92 Å². The van der Waals surface area contributed by atoms with Crippen LogP contribution in [0.1, 0.15) is 6.92 Å². The first-order valence-corrected chi connectivity index (χ1v) is 4.74. The number of amides is 1. The molecule has 0 bridgehead atoms. The van der Waals surface area contributed by atoms with Crippen LogP contribution in [0.25, 0.3) is 0 Å². The summed E-state index contributed by atoms with van der Waals surface area (Å²) < 4.78 is 0.778. The third kappa shape index (κ3) is 2.82.